The molecule has 9 nitrogen and oxygen atoms in total. The average molecular weight is 517 g/mol. The summed E-state index contributed by atoms with van der Waals surface area (Å²) in [7, 11) is -3.13. The van der Waals surface area contributed by atoms with Gasteiger partial charge in [0, 0.05) is 22.7 Å². The van der Waals surface area contributed by atoms with E-state index in [9.17, 15) is 18.0 Å². The highest BCUT2D eigenvalue weighted by atomic mass is 32.2. The Kier molecular flexibility index (Phi) is 6.04. The minimum absolute atomic E-state index is 0.0196. The Morgan fingerprint density at radius 3 is 2.49 bits per heavy atom. The molecule has 10 heteroatoms. The highest BCUT2D eigenvalue weighted by molar-refractivity contribution is 7.94. The third kappa shape index (κ3) is 3.77. The van der Waals surface area contributed by atoms with Crippen LogP contribution in [0.4, 0.5) is 5.69 Å². The summed E-state index contributed by atoms with van der Waals surface area (Å²) in [5, 5.41) is 0.592. The fraction of sp³-hybridized carbons (Fsp3) is 0.111. The van der Waals surface area contributed by atoms with Crippen molar-refractivity contribution in [2.24, 2.45) is 5.73 Å². The van der Waals surface area contributed by atoms with Crippen molar-refractivity contribution in [1.82, 2.24) is 4.98 Å². The van der Waals surface area contributed by atoms with Gasteiger partial charge < -0.3 is 15.2 Å². The van der Waals surface area contributed by atoms with Crippen molar-refractivity contribution in [3.8, 4) is 11.5 Å². The van der Waals surface area contributed by atoms with Crippen LogP contribution in [0.3, 0.4) is 0 Å². The molecule has 2 heterocycles. The van der Waals surface area contributed by atoms with Gasteiger partial charge in [-0.3, -0.25) is 14.6 Å². The number of primary amides is 1. The maximum Gasteiger partial charge on any atom is 0.273 e. The van der Waals surface area contributed by atoms with E-state index in [1.54, 1.807) is 55.5 Å². The summed E-state index contributed by atoms with van der Waals surface area (Å²) in [5.74, 6) is -1.31. The summed E-state index contributed by atoms with van der Waals surface area (Å²) < 4.78 is 40.0. The van der Waals surface area contributed by atoms with E-state index in [-0.39, 0.29) is 38.9 Å². The molecule has 1 aliphatic rings. The Hall–Kier alpha value is -4.44. The minimum Gasteiger partial charge on any atom is -0.496 e. The third-order valence-electron chi connectivity index (χ3n) is 6.05. The molecule has 2 amide bonds. The predicted molar refractivity (Wildman–Crippen MR) is 137 cm³/mol. The number of ether oxygens (including phenoxy) is 2. The lowest BCUT2D eigenvalue weighted by Crippen LogP contribution is -2.36. The molecule has 1 radical (unpaired) electrons. The van der Waals surface area contributed by atoms with Crippen LogP contribution < -0.4 is 19.5 Å². The molecule has 0 atom stereocenters. The second-order valence-corrected chi connectivity index (χ2v) is 9.87. The lowest BCUT2D eigenvalue weighted by molar-refractivity contribution is -0.114. The predicted octanol–water partition coefficient (Wildman–Crippen LogP) is 3.45. The van der Waals surface area contributed by atoms with Crippen LogP contribution in [-0.2, 0) is 14.8 Å². The molecule has 2 N–H and O–H groups in total. The number of methoxy groups -OCH3 is 1. The number of hydrogen-bond donors (Lipinski definition) is 1. The summed E-state index contributed by atoms with van der Waals surface area (Å²) in [4.78, 5) is 30.8. The molecule has 0 aliphatic carbocycles. The van der Waals surface area contributed by atoms with Gasteiger partial charge in [0.1, 0.15) is 22.3 Å². The largest absolute Gasteiger partial charge is 0.496 e. The number of rotatable bonds is 7. The van der Waals surface area contributed by atoms with Crippen LogP contribution in [0.2, 0.25) is 0 Å². The molecule has 4 aromatic rings. The van der Waals surface area contributed by atoms with E-state index in [1.807, 2.05) is 0 Å². The standard InChI is InChI=1S/C27H22N3O6S/c1-3-36-19-11-5-4-10-17(19)22-23-18(13-14-20(35-2)24(23)26(28)31)30(27(22)32)37(33,34)21-12-6-8-16-9-7-15-29-25(16)21/h4-15H,3H2,1-2H3,(H2,28,31). The molecule has 1 aliphatic heterocycles. The van der Waals surface area contributed by atoms with Gasteiger partial charge >= 0.3 is 0 Å². The van der Waals surface area contributed by atoms with Crippen molar-refractivity contribution in [2.45, 2.75) is 11.8 Å². The summed E-state index contributed by atoms with van der Waals surface area (Å²) in [6.07, 6.45) is 1.48. The lowest BCUT2D eigenvalue weighted by Gasteiger charge is -2.19. The quantitative estimate of drug-likeness (QED) is 0.398. The first-order valence-electron chi connectivity index (χ1n) is 11.3. The van der Waals surface area contributed by atoms with Gasteiger partial charge in [-0.05, 0) is 37.3 Å². The van der Waals surface area contributed by atoms with Crippen molar-refractivity contribution in [2.75, 3.05) is 18.0 Å². The smallest absolute Gasteiger partial charge is 0.273 e. The van der Waals surface area contributed by atoms with Crippen molar-refractivity contribution in [3.05, 3.63) is 95.5 Å². The normalized spacial score (nSPS) is 13.6. The van der Waals surface area contributed by atoms with Crippen LogP contribution in [0, 0.1) is 5.92 Å². The molecule has 0 saturated carbocycles. The fourth-order valence-corrected chi connectivity index (χ4v) is 6.14. The first-order valence-corrected chi connectivity index (χ1v) is 12.8. The van der Waals surface area contributed by atoms with Crippen molar-refractivity contribution < 1.29 is 27.5 Å². The highest BCUT2D eigenvalue weighted by Crippen LogP contribution is 2.49. The Labute approximate surface area is 213 Å². The van der Waals surface area contributed by atoms with Gasteiger partial charge in [-0.15, -0.1) is 0 Å². The van der Waals surface area contributed by atoms with Gasteiger partial charge in [-0.25, -0.2) is 12.7 Å². The van der Waals surface area contributed by atoms with Crippen LogP contribution in [0.5, 0.6) is 11.5 Å². The number of carbonyl (C=O) groups is 2. The van der Waals surface area contributed by atoms with E-state index in [1.165, 1.54) is 31.5 Å². The number of hydrogen-bond acceptors (Lipinski definition) is 7. The molecule has 0 spiro atoms. The summed E-state index contributed by atoms with van der Waals surface area (Å²) in [6.45, 7) is 2.09. The van der Waals surface area contributed by atoms with Crippen LogP contribution in [0.25, 0.3) is 10.9 Å². The number of pyridine rings is 1. The Morgan fingerprint density at radius 2 is 1.76 bits per heavy atom. The van der Waals surface area contributed by atoms with Gasteiger partial charge in [0.15, 0.2) is 0 Å². The Balaban J connectivity index is 1.82. The lowest BCUT2D eigenvalue weighted by atomic mass is 9.88. The summed E-state index contributed by atoms with van der Waals surface area (Å²) in [5.41, 5.74) is 6.20. The van der Waals surface area contributed by atoms with Crippen molar-refractivity contribution in [3.63, 3.8) is 0 Å². The Morgan fingerprint density at radius 1 is 1.00 bits per heavy atom. The van der Waals surface area contributed by atoms with Crippen molar-refractivity contribution in [1.29, 1.82) is 0 Å². The van der Waals surface area contributed by atoms with E-state index in [0.29, 0.717) is 27.6 Å². The third-order valence-corrected chi connectivity index (χ3v) is 7.78. The van der Waals surface area contributed by atoms with Gasteiger partial charge in [-0.1, -0.05) is 36.4 Å². The molecule has 3 aromatic carbocycles. The maximum absolute atomic E-state index is 14.1. The van der Waals surface area contributed by atoms with Crippen LogP contribution in [-0.4, -0.2) is 38.9 Å². The molecular weight excluding hydrogens is 494 g/mol. The monoisotopic (exact) mass is 516 g/mol. The topological polar surface area (TPSA) is 129 Å². The number of sulfonamides is 1. The number of anilines is 1. The number of amides is 2. The van der Waals surface area contributed by atoms with Gasteiger partial charge in [-0.2, -0.15) is 0 Å². The molecular formula is C27H22N3O6S. The zero-order chi connectivity index (χ0) is 26.3. The molecule has 187 valence electrons. The number of nitrogens with zero attached hydrogens (tertiary/aromatic N) is 2. The highest BCUT2D eigenvalue weighted by Gasteiger charge is 2.49. The average Bonchev–Trinajstić information content (AvgIpc) is 3.20. The zero-order valence-electron chi connectivity index (χ0n) is 20.0. The van der Waals surface area contributed by atoms with E-state index < -0.39 is 21.8 Å². The summed E-state index contributed by atoms with van der Waals surface area (Å²) in [6, 6.07) is 17.7. The number of aromatic nitrogens is 1. The number of para-hydroxylation sites is 2. The minimum atomic E-state index is -4.49. The number of carbonyl (C=O) groups excluding carboxylic acids is 2. The van der Waals surface area contributed by atoms with E-state index in [2.05, 4.69) is 4.98 Å². The molecule has 0 saturated heterocycles. The molecule has 0 unspecified atom stereocenters. The van der Waals surface area contributed by atoms with E-state index >= 15 is 0 Å². The SMILES string of the molecule is CCOc1ccccc1[C]1C(=O)N(S(=O)(=O)c2cccc3cccnc23)c2ccc(OC)c(C(N)=O)c21. The zero-order valence-corrected chi connectivity index (χ0v) is 20.8. The van der Waals surface area contributed by atoms with Crippen LogP contribution in [0.1, 0.15) is 28.4 Å². The molecule has 1 aromatic heterocycles. The van der Waals surface area contributed by atoms with Crippen LogP contribution >= 0.6 is 0 Å². The van der Waals surface area contributed by atoms with Gasteiger partial charge in [0.05, 0.1) is 30.5 Å². The first-order chi connectivity index (χ1) is 17.8. The number of benzene rings is 3. The van der Waals surface area contributed by atoms with Crippen molar-refractivity contribution >= 4 is 38.4 Å². The van der Waals surface area contributed by atoms with Crippen LogP contribution in [0.15, 0.2) is 77.8 Å². The molecule has 0 fully saturated rings. The maximum atomic E-state index is 14.1. The van der Waals surface area contributed by atoms with E-state index in [4.69, 9.17) is 15.2 Å². The van der Waals surface area contributed by atoms with E-state index in [0.717, 1.165) is 0 Å². The molecule has 5 rings (SSSR count). The molecule has 0 bridgehead atoms. The summed E-state index contributed by atoms with van der Waals surface area (Å²) >= 11 is 0. The number of fused-ring (bicyclic) bond motifs is 2. The number of nitrogens with two attached hydrogens (primary N) is 1. The molecule has 37 heavy (non-hydrogen) atoms. The first kappa shape index (κ1) is 24.3. The Bertz CT molecular complexity index is 1660. The second-order valence-electron chi connectivity index (χ2n) is 8.11. The second kappa shape index (κ2) is 9.21. The fourth-order valence-electron chi connectivity index (χ4n) is 4.55. The van der Waals surface area contributed by atoms with Gasteiger partial charge in [0.25, 0.3) is 21.8 Å². The van der Waals surface area contributed by atoms with Gasteiger partial charge in [0.2, 0.25) is 0 Å².